The first kappa shape index (κ1) is 12.6. The Labute approximate surface area is 109 Å². The zero-order valence-electron chi connectivity index (χ0n) is 9.43. The molecule has 1 N–H and O–H groups in total. The summed E-state index contributed by atoms with van der Waals surface area (Å²) in [5.74, 6) is 0.536. The summed E-state index contributed by atoms with van der Waals surface area (Å²) in [6.45, 7) is 0. The van der Waals surface area contributed by atoms with E-state index in [0.717, 1.165) is 36.4 Å². The summed E-state index contributed by atoms with van der Waals surface area (Å²) in [6.07, 6.45) is 3.83. The minimum atomic E-state index is -0.435. The molecule has 4 heteroatoms. The standard InChI is InChI=1S/C13H15BrO3/c14-10-5-3-4-9(8-15)13(10)17-12-7-2-1-6-11(12)16/h3-5,8,11-12,16H,1-2,6-7H2. The van der Waals surface area contributed by atoms with E-state index in [4.69, 9.17) is 4.74 Å². The van der Waals surface area contributed by atoms with Crippen molar-refractivity contribution in [1.29, 1.82) is 0 Å². The lowest BCUT2D eigenvalue weighted by atomic mass is 9.95. The molecule has 0 aliphatic heterocycles. The average molecular weight is 299 g/mol. The van der Waals surface area contributed by atoms with Crippen LogP contribution in [0.15, 0.2) is 22.7 Å². The first-order valence-electron chi connectivity index (χ1n) is 5.81. The van der Waals surface area contributed by atoms with Crippen molar-refractivity contribution in [2.75, 3.05) is 0 Å². The van der Waals surface area contributed by atoms with Crippen LogP contribution in [0.4, 0.5) is 0 Å². The van der Waals surface area contributed by atoms with E-state index in [2.05, 4.69) is 15.9 Å². The van der Waals surface area contributed by atoms with Crippen LogP contribution in [0.5, 0.6) is 5.75 Å². The predicted octanol–water partition coefficient (Wildman–Crippen LogP) is 2.94. The Hall–Kier alpha value is -0.870. The lowest BCUT2D eigenvalue weighted by molar-refractivity contribution is 0.00619. The topological polar surface area (TPSA) is 46.5 Å². The van der Waals surface area contributed by atoms with Gasteiger partial charge in [-0.25, -0.2) is 0 Å². The number of benzene rings is 1. The Balaban J connectivity index is 2.19. The third kappa shape index (κ3) is 2.87. The lowest BCUT2D eigenvalue weighted by Gasteiger charge is -2.29. The molecule has 0 radical (unpaired) electrons. The second-order valence-electron chi connectivity index (χ2n) is 4.28. The lowest BCUT2D eigenvalue weighted by Crippen LogP contribution is -2.34. The average Bonchev–Trinajstić information content (AvgIpc) is 2.34. The van der Waals surface area contributed by atoms with E-state index in [1.165, 1.54) is 0 Å². The molecule has 1 aliphatic rings. The SMILES string of the molecule is O=Cc1cccc(Br)c1OC1CCCCC1O. The molecule has 2 atom stereocenters. The van der Waals surface area contributed by atoms with Crippen LogP contribution < -0.4 is 4.74 Å². The van der Waals surface area contributed by atoms with Gasteiger partial charge < -0.3 is 9.84 Å². The minimum Gasteiger partial charge on any atom is -0.486 e. The highest BCUT2D eigenvalue weighted by molar-refractivity contribution is 9.10. The van der Waals surface area contributed by atoms with Crippen molar-refractivity contribution in [3.63, 3.8) is 0 Å². The molecule has 1 aromatic carbocycles. The highest BCUT2D eigenvalue weighted by atomic mass is 79.9. The molecule has 3 nitrogen and oxygen atoms in total. The molecule has 0 saturated heterocycles. The Bertz CT molecular complexity index is 406. The summed E-state index contributed by atoms with van der Waals surface area (Å²) >= 11 is 3.37. The van der Waals surface area contributed by atoms with Crippen LogP contribution in [0.3, 0.4) is 0 Å². The molecule has 92 valence electrons. The molecule has 0 amide bonds. The summed E-state index contributed by atoms with van der Waals surface area (Å²) in [4.78, 5) is 10.9. The van der Waals surface area contributed by atoms with Crippen molar-refractivity contribution in [3.05, 3.63) is 28.2 Å². The first-order chi connectivity index (χ1) is 8.22. The number of carbonyl (C=O) groups excluding carboxylic acids is 1. The molecule has 2 unspecified atom stereocenters. The van der Waals surface area contributed by atoms with Gasteiger partial charge in [-0.2, -0.15) is 0 Å². The number of aliphatic hydroxyl groups is 1. The normalized spacial score (nSPS) is 24.4. The van der Waals surface area contributed by atoms with Crippen molar-refractivity contribution in [2.24, 2.45) is 0 Å². The summed E-state index contributed by atoms with van der Waals surface area (Å²) in [5.41, 5.74) is 0.511. The van der Waals surface area contributed by atoms with E-state index in [1.807, 2.05) is 6.07 Å². The Morgan fingerprint density at radius 1 is 1.35 bits per heavy atom. The van der Waals surface area contributed by atoms with Gasteiger partial charge in [0.05, 0.1) is 16.1 Å². The molecule has 1 aliphatic carbocycles. The van der Waals surface area contributed by atoms with Crippen LogP contribution in [0.2, 0.25) is 0 Å². The fraction of sp³-hybridized carbons (Fsp3) is 0.462. The number of ether oxygens (including phenoxy) is 1. The molecule has 0 spiro atoms. The number of rotatable bonds is 3. The van der Waals surface area contributed by atoms with Gasteiger partial charge in [0.1, 0.15) is 11.9 Å². The van der Waals surface area contributed by atoms with Crippen LogP contribution in [0.25, 0.3) is 0 Å². The van der Waals surface area contributed by atoms with Gasteiger partial charge in [-0.15, -0.1) is 0 Å². The van der Waals surface area contributed by atoms with Gasteiger partial charge in [0, 0.05) is 0 Å². The molecule has 0 bridgehead atoms. The van der Waals surface area contributed by atoms with Crippen molar-refractivity contribution >= 4 is 22.2 Å². The van der Waals surface area contributed by atoms with Gasteiger partial charge in [-0.05, 0) is 47.3 Å². The Morgan fingerprint density at radius 3 is 2.82 bits per heavy atom. The first-order valence-corrected chi connectivity index (χ1v) is 6.60. The molecule has 0 heterocycles. The molecule has 1 aromatic rings. The molecule has 1 saturated carbocycles. The summed E-state index contributed by atoms with van der Waals surface area (Å²) in [6, 6.07) is 5.33. The number of carbonyl (C=O) groups is 1. The molecule has 0 aromatic heterocycles. The summed E-state index contributed by atoms with van der Waals surface area (Å²) in [7, 11) is 0. The highest BCUT2D eigenvalue weighted by Gasteiger charge is 2.26. The van der Waals surface area contributed by atoms with E-state index in [9.17, 15) is 9.90 Å². The third-order valence-corrected chi connectivity index (χ3v) is 3.69. The second kappa shape index (κ2) is 5.65. The molecular weight excluding hydrogens is 284 g/mol. The fourth-order valence-corrected chi connectivity index (χ4v) is 2.58. The van der Waals surface area contributed by atoms with Crippen LogP contribution >= 0.6 is 15.9 Å². The number of aldehydes is 1. The van der Waals surface area contributed by atoms with Gasteiger partial charge in [-0.1, -0.05) is 12.5 Å². The predicted molar refractivity (Wildman–Crippen MR) is 68.4 cm³/mol. The van der Waals surface area contributed by atoms with E-state index in [0.29, 0.717) is 11.3 Å². The van der Waals surface area contributed by atoms with Gasteiger partial charge in [0.25, 0.3) is 0 Å². The monoisotopic (exact) mass is 298 g/mol. The number of aliphatic hydroxyl groups excluding tert-OH is 1. The van der Waals surface area contributed by atoms with Crippen molar-refractivity contribution in [2.45, 2.75) is 37.9 Å². The third-order valence-electron chi connectivity index (χ3n) is 3.06. The number of halogens is 1. The summed E-state index contributed by atoms with van der Waals surface area (Å²) < 4.78 is 6.54. The van der Waals surface area contributed by atoms with Crippen LogP contribution in [-0.4, -0.2) is 23.6 Å². The van der Waals surface area contributed by atoms with E-state index < -0.39 is 6.10 Å². The maximum absolute atomic E-state index is 10.9. The van der Waals surface area contributed by atoms with E-state index in [-0.39, 0.29) is 6.10 Å². The van der Waals surface area contributed by atoms with E-state index in [1.54, 1.807) is 12.1 Å². The molecule has 1 fully saturated rings. The van der Waals surface area contributed by atoms with Crippen LogP contribution in [0, 0.1) is 0 Å². The number of para-hydroxylation sites is 1. The molecular formula is C13H15BrO3. The fourth-order valence-electron chi connectivity index (χ4n) is 2.11. The quantitative estimate of drug-likeness (QED) is 0.873. The van der Waals surface area contributed by atoms with Gasteiger partial charge in [0.15, 0.2) is 6.29 Å². The summed E-state index contributed by atoms with van der Waals surface area (Å²) in [5, 5.41) is 9.86. The van der Waals surface area contributed by atoms with Gasteiger partial charge in [0.2, 0.25) is 0 Å². The molecule has 2 rings (SSSR count). The minimum absolute atomic E-state index is 0.207. The largest absolute Gasteiger partial charge is 0.486 e. The molecule has 17 heavy (non-hydrogen) atoms. The second-order valence-corrected chi connectivity index (χ2v) is 5.14. The Morgan fingerprint density at radius 2 is 2.12 bits per heavy atom. The van der Waals surface area contributed by atoms with Crippen LogP contribution in [0.1, 0.15) is 36.0 Å². The van der Waals surface area contributed by atoms with Crippen molar-refractivity contribution < 1.29 is 14.6 Å². The van der Waals surface area contributed by atoms with Gasteiger partial charge >= 0.3 is 0 Å². The maximum Gasteiger partial charge on any atom is 0.153 e. The Kier molecular flexibility index (Phi) is 4.18. The highest BCUT2D eigenvalue weighted by Crippen LogP contribution is 2.32. The van der Waals surface area contributed by atoms with Crippen molar-refractivity contribution in [1.82, 2.24) is 0 Å². The van der Waals surface area contributed by atoms with Crippen molar-refractivity contribution in [3.8, 4) is 5.75 Å². The van der Waals surface area contributed by atoms with Crippen LogP contribution in [-0.2, 0) is 0 Å². The number of hydrogen-bond acceptors (Lipinski definition) is 3. The zero-order chi connectivity index (χ0) is 12.3. The smallest absolute Gasteiger partial charge is 0.153 e. The van der Waals surface area contributed by atoms with E-state index >= 15 is 0 Å². The number of hydrogen-bond donors (Lipinski definition) is 1. The van der Waals surface area contributed by atoms with Gasteiger partial charge in [-0.3, -0.25) is 4.79 Å². The zero-order valence-corrected chi connectivity index (χ0v) is 11.0. The maximum atomic E-state index is 10.9.